The van der Waals surface area contributed by atoms with E-state index in [0.717, 1.165) is 29.0 Å². The van der Waals surface area contributed by atoms with Crippen LogP contribution in [0.25, 0.3) is 11.1 Å². The Hall–Kier alpha value is -3.56. The van der Waals surface area contributed by atoms with Crippen LogP contribution < -0.4 is 5.73 Å². The van der Waals surface area contributed by atoms with Gasteiger partial charge in [-0.05, 0) is 66.8 Å². The van der Waals surface area contributed by atoms with Crippen LogP contribution in [0.1, 0.15) is 36.0 Å². The van der Waals surface area contributed by atoms with Gasteiger partial charge in [0.05, 0.1) is 16.2 Å². The standard InChI is InChI=1S/C30H29F3N2O3S/c1-39(37,38)24-7-4-6-22(18-24)21-14-11-20(12-15-21)13-16-23-19-27(28(36)10-5-17-34)35-29(23)25-8-2-3-9-26(25)30(31,32)33/h2-4,6-9,11-12,14-15,18-19,23H,5,10,13,16-17,34H2,1H3/t23-/m0/s1. The molecule has 0 bridgehead atoms. The number of nitrogens with zero attached hydrogens (tertiary/aromatic N) is 1. The van der Waals surface area contributed by atoms with Crippen molar-refractivity contribution in [2.45, 2.75) is 36.8 Å². The van der Waals surface area contributed by atoms with Crippen molar-refractivity contribution in [1.29, 1.82) is 0 Å². The first-order valence-electron chi connectivity index (χ1n) is 12.6. The van der Waals surface area contributed by atoms with Crippen molar-refractivity contribution in [2.75, 3.05) is 12.8 Å². The van der Waals surface area contributed by atoms with Crippen LogP contribution in [-0.2, 0) is 27.2 Å². The third kappa shape index (κ3) is 6.91. The fourth-order valence-corrected chi connectivity index (χ4v) is 5.26. The molecular weight excluding hydrogens is 525 g/mol. The number of rotatable bonds is 10. The van der Waals surface area contributed by atoms with E-state index < -0.39 is 27.5 Å². The highest BCUT2D eigenvalue weighted by molar-refractivity contribution is 7.90. The number of allylic oxidation sites excluding steroid dienone is 2. The van der Waals surface area contributed by atoms with E-state index in [1.165, 1.54) is 18.2 Å². The van der Waals surface area contributed by atoms with Gasteiger partial charge < -0.3 is 5.73 Å². The molecule has 9 heteroatoms. The highest BCUT2D eigenvalue weighted by Crippen LogP contribution is 2.36. The molecule has 0 aromatic heterocycles. The number of aryl methyl sites for hydroxylation is 1. The normalized spacial score (nSPS) is 15.7. The molecule has 204 valence electrons. The van der Waals surface area contributed by atoms with Crippen LogP contribution in [-0.4, -0.2) is 32.7 Å². The Morgan fingerprint density at radius 1 is 0.974 bits per heavy atom. The van der Waals surface area contributed by atoms with E-state index in [0.29, 0.717) is 25.8 Å². The van der Waals surface area contributed by atoms with E-state index in [9.17, 15) is 26.4 Å². The van der Waals surface area contributed by atoms with Crippen LogP contribution in [0.5, 0.6) is 0 Å². The van der Waals surface area contributed by atoms with Gasteiger partial charge >= 0.3 is 6.18 Å². The maximum absolute atomic E-state index is 13.8. The monoisotopic (exact) mass is 554 g/mol. The van der Waals surface area contributed by atoms with E-state index in [2.05, 4.69) is 4.99 Å². The number of Topliss-reactive ketones (excluding diaryl/α,β-unsaturated/α-hetero) is 1. The molecule has 0 fully saturated rings. The summed E-state index contributed by atoms with van der Waals surface area (Å²) in [5, 5.41) is 0. The molecule has 39 heavy (non-hydrogen) atoms. The van der Waals surface area contributed by atoms with E-state index in [1.54, 1.807) is 24.3 Å². The maximum atomic E-state index is 13.8. The largest absolute Gasteiger partial charge is 0.417 e. The molecule has 1 heterocycles. The lowest BCUT2D eigenvalue weighted by molar-refractivity contribution is -0.137. The van der Waals surface area contributed by atoms with Gasteiger partial charge in [-0.1, -0.05) is 54.6 Å². The maximum Gasteiger partial charge on any atom is 0.417 e. The molecular formula is C30H29F3N2O3S. The Morgan fingerprint density at radius 3 is 2.36 bits per heavy atom. The van der Waals surface area contributed by atoms with Gasteiger partial charge in [0.2, 0.25) is 0 Å². The Bertz CT molecular complexity index is 1530. The van der Waals surface area contributed by atoms with Crippen LogP contribution in [0.2, 0.25) is 0 Å². The number of sulfone groups is 1. The molecule has 4 rings (SSSR count). The van der Waals surface area contributed by atoms with E-state index in [4.69, 9.17) is 5.73 Å². The zero-order chi connectivity index (χ0) is 28.2. The number of hydrogen-bond donors (Lipinski definition) is 1. The minimum Gasteiger partial charge on any atom is -0.330 e. The zero-order valence-electron chi connectivity index (χ0n) is 21.4. The summed E-state index contributed by atoms with van der Waals surface area (Å²) in [7, 11) is -3.33. The van der Waals surface area contributed by atoms with Crippen molar-refractivity contribution >= 4 is 21.3 Å². The fraction of sp³-hybridized carbons (Fsp3) is 0.267. The number of aliphatic imine (C=N–C) groups is 1. The zero-order valence-corrected chi connectivity index (χ0v) is 22.2. The third-order valence-corrected chi connectivity index (χ3v) is 7.76. The van der Waals surface area contributed by atoms with E-state index >= 15 is 0 Å². The van der Waals surface area contributed by atoms with Gasteiger partial charge in [-0.25, -0.2) is 13.4 Å². The topological polar surface area (TPSA) is 89.6 Å². The third-order valence-electron chi connectivity index (χ3n) is 6.65. The van der Waals surface area contributed by atoms with Crippen molar-refractivity contribution in [3.05, 3.63) is 101 Å². The van der Waals surface area contributed by atoms with Gasteiger partial charge in [-0.3, -0.25) is 4.79 Å². The first-order chi connectivity index (χ1) is 18.5. The second kappa shape index (κ2) is 11.7. The number of halogens is 3. The van der Waals surface area contributed by atoms with Gasteiger partial charge in [0.25, 0.3) is 0 Å². The number of carbonyl (C=O) groups is 1. The minimum absolute atomic E-state index is 0.0195. The second-order valence-electron chi connectivity index (χ2n) is 9.55. The molecule has 1 aliphatic heterocycles. The van der Waals surface area contributed by atoms with Crippen molar-refractivity contribution < 1.29 is 26.4 Å². The Balaban J connectivity index is 1.57. The predicted molar refractivity (Wildman–Crippen MR) is 146 cm³/mol. The average molecular weight is 555 g/mol. The molecule has 5 nitrogen and oxygen atoms in total. The molecule has 0 saturated heterocycles. The predicted octanol–water partition coefficient (Wildman–Crippen LogP) is 6.02. The molecule has 1 atom stereocenters. The first kappa shape index (κ1) is 28.4. The van der Waals surface area contributed by atoms with E-state index in [1.807, 2.05) is 30.3 Å². The molecule has 1 aliphatic rings. The molecule has 0 unspecified atom stereocenters. The van der Waals surface area contributed by atoms with Gasteiger partial charge in [-0.15, -0.1) is 0 Å². The number of benzene rings is 3. The summed E-state index contributed by atoms with van der Waals surface area (Å²) in [5.74, 6) is -0.693. The van der Waals surface area contributed by atoms with Crippen molar-refractivity contribution in [3.8, 4) is 11.1 Å². The smallest absolute Gasteiger partial charge is 0.330 e. The average Bonchev–Trinajstić information content (AvgIpc) is 3.34. The van der Waals surface area contributed by atoms with Crippen molar-refractivity contribution in [2.24, 2.45) is 16.6 Å². The number of ketones is 1. The lowest BCUT2D eigenvalue weighted by Gasteiger charge is -2.17. The highest BCUT2D eigenvalue weighted by Gasteiger charge is 2.36. The number of alkyl halides is 3. The SMILES string of the molecule is CS(=O)(=O)c1cccc(-c2ccc(CC[C@H]3C=C(C(=O)CCCN)N=C3c3ccccc3C(F)(F)F)cc2)c1. The first-order valence-corrected chi connectivity index (χ1v) is 14.5. The molecule has 0 aliphatic carbocycles. The Labute approximate surface area is 226 Å². The number of nitrogens with two attached hydrogens (primary N) is 1. The Kier molecular flexibility index (Phi) is 8.51. The van der Waals surface area contributed by atoms with Crippen LogP contribution in [0, 0.1) is 5.92 Å². The van der Waals surface area contributed by atoms with E-state index in [-0.39, 0.29) is 34.1 Å². The molecule has 3 aromatic carbocycles. The summed E-state index contributed by atoms with van der Waals surface area (Å²) in [6.07, 6.45) is -0.0515. The molecule has 3 aromatic rings. The lowest BCUT2D eigenvalue weighted by Crippen LogP contribution is -2.18. The summed E-state index contributed by atoms with van der Waals surface area (Å²) < 4.78 is 65.2. The summed E-state index contributed by atoms with van der Waals surface area (Å²) in [6.45, 7) is 0.338. The van der Waals surface area contributed by atoms with Gasteiger partial charge in [0.1, 0.15) is 5.70 Å². The van der Waals surface area contributed by atoms with Crippen LogP contribution in [0.4, 0.5) is 13.2 Å². The fourth-order valence-electron chi connectivity index (χ4n) is 4.59. The van der Waals surface area contributed by atoms with Gasteiger partial charge in [0, 0.05) is 24.2 Å². The molecule has 2 N–H and O–H groups in total. The van der Waals surface area contributed by atoms with Crippen LogP contribution >= 0.6 is 0 Å². The Morgan fingerprint density at radius 2 is 1.69 bits per heavy atom. The van der Waals surface area contributed by atoms with Gasteiger partial charge in [0.15, 0.2) is 15.6 Å². The lowest BCUT2D eigenvalue weighted by atomic mass is 9.89. The molecule has 0 amide bonds. The molecule has 0 radical (unpaired) electrons. The van der Waals surface area contributed by atoms with Crippen molar-refractivity contribution in [3.63, 3.8) is 0 Å². The summed E-state index contributed by atoms with van der Waals surface area (Å²) in [5.41, 5.74) is 7.71. The van der Waals surface area contributed by atoms with Crippen molar-refractivity contribution in [1.82, 2.24) is 0 Å². The van der Waals surface area contributed by atoms with Crippen LogP contribution in [0.3, 0.4) is 0 Å². The van der Waals surface area contributed by atoms with Gasteiger partial charge in [-0.2, -0.15) is 13.2 Å². The van der Waals surface area contributed by atoms with Crippen LogP contribution in [0.15, 0.2) is 94.5 Å². The number of hydrogen-bond acceptors (Lipinski definition) is 5. The highest BCUT2D eigenvalue weighted by atomic mass is 32.2. The molecule has 0 saturated carbocycles. The molecule has 0 spiro atoms. The quantitative estimate of drug-likeness (QED) is 0.332. The minimum atomic E-state index is -4.56. The summed E-state index contributed by atoms with van der Waals surface area (Å²) in [6, 6.07) is 19.6. The second-order valence-corrected chi connectivity index (χ2v) is 11.6. The summed E-state index contributed by atoms with van der Waals surface area (Å²) >= 11 is 0. The summed E-state index contributed by atoms with van der Waals surface area (Å²) in [4.78, 5) is 17.3. The number of carbonyl (C=O) groups excluding carboxylic acids is 1.